The lowest BCUT2D eigenvalue weighted by Crippen LogP contribution is -2.12. The van der Waals surface area contributed by atoms with Gasteiger partial charge >= 0.3 is 0 Å². The number of benzene rings is 2. The molecule has 2 aromatic carbocycles. The van der Waals surface area contributed by atoms with Gasteiger partial charge in [-0.05, 0) is 44.5 Å². The van der Waals surface area contributed by atoms with Gasteiger partial charge in [0.1, 0.15) is 10.8 Å². The second kappa shape index (κ2) is 10.3. The summed E-state index contributed by atoms with van der Waals surface area (Å²) >= 11 is 15.8. The van der Waals surface area contributed by atoms with Gasteiger partial charge in [0, 0.05) is 23.2 Å². The fraction of sp³-hybridized carbons (Fsp3) is 0.261. The average Bonchev–Trinajstić information content (AvgIpc) is 3.42. The van der Waals surface area contributed by atoms with Crippen LogP contribution in [0, 0.1) is 6.92 Å². The van der Waals surface area contributed by atoms with Crippen LogP contribution in [0.15, 0.2) is 53.0 Å². The van der Waals surface area contributed by atoms with Crippen molar-refractivity contribution in [2.24, 2.45) is 0 Å². The molecule has 0 N–H and O–H groups in total. The molecule has 5 nitrogen and oxygen atoms in total. The van der Waals surface area contributed by atoms with Gasteiger partial charge in [0.25, 0.3) is 0 Å². The van der Waals surface area contributed by atoms with E-state index in [1.807, 2.05) is 56.3 Å². The summed E-state index contributed by atoms with van der Waals surface area (Å²) < 4.78 is 8.18. The number of ether oxygens (including phenoxy) is 1. The number of hydrogen-bond acceptors (Lipinski definition) is 6. The van der Waals surface area contributed by atoms with Crippen LogP contribution in [0.25, 0.3) is 10.6 Å². The maximum atomic E-state index is 6.31. The molecule has 4 aromatic rings. The van der Waals surface area contributed by atoms with Crippen molar-refractivity contribution < 1.29 is 4.74 Å². The van der Waals surface area contributed by atoms with E-state index in [9.17, 15) is 0 Å². The van der Waals surface area contributed by atoms with E-state index in [4.69, 9.17) is 32.9 Å². The standard InChI is InChI=1S/C23H22Cl2N4OS2/c1-4-29-21(15(3)30-20-11-14(2)9-10-19(20)25)27-28-23(29)32-13-16-12-31-22(26-16)17-7-5-6-8-18(17)24/h5-12,15H,4,13H2,1-3H3. The fourth-order valence-electron chi connectivity index (χ4n) is 3.22. The molecule has 0 saturated heterocycles. The van der Waals surface area contributed by atoms with Gasteiger partial charge in [-0.2, -0.15) is 0 Å². The van der Waals surface area contributed by atoms with Crippen molar-refractivity contribution in [3.05, 3.63) is 75.0 Å². The normalized spacial score (nSPS) is 12.2. The highest BCUT2D eigenvalue weighted by Gasteiger charge is 2.20. The Morgan fingerprint density at radius 2 is 1.94 bits per heavy atom. The minimum Gasteiger partial charge on any atom is -0.481 e. The number of halogens is 2. The summed E-state index contributed by atoms with van der Waals surface area (Å²) in [5.41, 5.74) is 3.03. The lowest BCUT2D eigenvalue weighted by atomic mass is 10.2. The second-order valence-corrected chi connectivity index (χ2v) is 9.81. The first-order chi connectivity index (χ1) is 15.5. The van der Waals surface area contributed by atoms with Gasteiger partial charge in [-0.3, -0.25) is 0 Å². The lowest BCUT2D eigenvalue weighted by molar-refractivity contribution is 0.210. The van der Waals surface area contributed by atoms with Crippen molar-refractivity contribution in [1.29, 1.82) is 0 Å². The molecule has 0 radical (unpaired) electrons. The Labute approximate surface area is 205 Å². The summed E-state index contributed by atoms with van der Waals surface area (Å²) in [7, 11) is 0. The van der Waals surface area contributed by atoms with Gasteiger partial charge in [-0.15, -0.1) is 21.5 Å². The summed E-state index contributed by atoms with van der Waals surface area (Å²) in [4.78, 5) is 4.74. The summed E-state index contributed by atoms with van der Waals surface area (Å²) in [5, 5.41) is 13.9. The Morgan fingerprint density at radius 1 is 1.12 bits per heavy atom. The third-order valence-electron chi connectivity index (χ3n) is 4.82. The van der Waals surface area contributed by atoms with Crippen molar-refractivity contribution >= 4 is 46.3 Å². The minimum absolute atomic E-state index is 0.290. The molecule has 2 heterocycles. The first kappa shape index (κ1) is 23.1. The van der Waals surface area contributed by atoms with E-state index in [0.717, 1.165) is 39.4 Å². The smallest absolute Gasteiger partial charge is 0.191 e. The van der Waals surface area contributed by atoms with E-state index in [0.29, 0.717) is 21.5 Å². The first-order valence-corrected chi connectivity index (χ1v) is 12.8. The zero-order valence-corrected chi connectivity index (χ0v) is 21.0. The van der Waals surface area contributed by atoms with E-state index in [2.05, 4.69) is 27.1 Å². The van der Waals surface area contributed by atoms with Crippen molar-refractivity contribution in [2.75, 3.05) is 0 Å². The molecule has 1 unspecified atom stereocenters. The fourth-order valence-corrected chi connectivity index (χ4v) is 5.53. The van der Waals surface area contributed by atoms with Crippen LogP contribution in [0.3, 0.4) is 0 Å². The molecule has 2 aromatic heterocycles. The first-order valence-electron chi connectivity index (χ1n) is 10.1. The molecular formula is C23H22Cl2N4OS2. The molecule has 9 heteroatoms. The summed E-state index contributed by atoms with van der Waals surface area (Å²) in [5.74, 6) is 2.11. The number of nitrogens with zero attached hydrogens (tertiary/aromatic N) is 4. The summed E-state index contributed by atoms with van der Waals surface area (Å²) in [6.45, 7) is 6.77. The largest absolute Gasteiger partial charge is 0.481 e. The zero-order chi connectivity index (χ0) is 22.7. The number of rotatable bonds is 8. The van der Waals surface area contributed by atoms with Gasteiger partial charge in [-0.25, -0.2) is 4.98 Å². The van der Waals surface area contributed by atoms with Gasteiger partial charge in [0.15, 0.2) is 17.1 Å². The predicted octanol–water partition coefficient (Wildman–Crippen LogP) is 7.47. The van der Waals surface area contributed by atoms with Crippen LogP contribution in [-0.2, 0) is 12.3 Å². The van der Waals surface area contributed by atoms with Crippen molar-refractivity contribution in [3.8, 4) is 16.3 Å². The Kier molecular flexibility index (Phi) is 7.40. The van der Waals surface area contributed by atoms with Gasteiger partial charge in [-0.1, -0.05) is 59.2 Å². The molecule has 4 rings (SSSR count). The quantitative estimate of drug-likeness (QED) is 0.233. The van der Waals surface area contributed by atoms with Crippen LogP contribution in [0.2, 0.25) is 10.0 Å². The topological polar surface area (TPSA) is 52.8 Å². The van der Waals surface area contributed by atoms with Crippen LogP contribution in [0.5, 0.6) is 5.75 Å². The molecule has 0 aliphatic heterocycles. The number of hydrogen-bond donors (Lipinski definition) is 0. The third-order valence-corrected chi connectivity index (χ3v) is 7.39. The Morgan fingerprint density at radius 3 is 2.72 bits per heavy atom. The molecule has 0 amide bonds. The lowest BCUT2D eigenvalue weighted by Gasteiger charge is -2.16. The van der Waals surface area contributed by atoms with Crippen LogP contribution in [0.4, 0.5) is 0 Å². The van der Waals surface area contributed by atoms with E-state index in [1.165, 1.54) is 0 Å². The van der Waals surface area contributed by atoms with Crippen LogP contribution in [0.1, 0.15) is 37.0 Å². The summed E-state index contributed by atoms with van der Waals surface area (Å²) in [6.07, 6.45) is -0.290. The molecule has 0 saturated carbocycles. The third kappa shape index (κ3) is 5.12. The molecule has 0 fully saturated rings. The second-order valence-electron chi connectivity index (χ2n) is 7.19. The molecule has 0 bridgehead atoms. The monoisotopic (exact) mass is 504 g/mol. The van der Waals surface area contributed by atoms with Gasteiger partial charge in [0.05, 0.1) is 15.7 Å². The Hall–Kier alpha value is -2.06. The van der Waals surface area contributed by atoms with Crippen molar-refractivity contribution in [1.82, 2.24) is 19.7 Å². The number of aryl methyl sites for hydroxylation is 1. The highest BCUT2D eigenvalue weighted by atomic mass is 35.5. The maximum absolute atomic E-state index is 6.31. The van der Waals surface area contributed by atoms with Crippen molar-refractivity contribution in [3.63, 3.8) is 0 Å². The predicted molar refractivity (Wildman–Crippen MR) is 133 cm³/mol. The molecule has 1 atom stereocenters. The van der Waals surface area contributed by atoms with Gasteiger partial charge < -0.3 is 9.30 Å². The van der Waals surface area contributed by atoms with Crippen molar-refractivity contribution in [2.45, 2.75) is 44.3 Å². The van der Waals surface area contributed by atoms with Crippen LogP contribution >= 0.6 is 46.3 Å². The average molecular weight is 505 g/mol. The number of thioether (sulfide) groups is 1. The minimum atomic E-state index is -0.290. The molecule has 0 aliphatic carbocycles. The summed E-state index contributed by atoms with van der Waals surface area (Å²) in [6, 6.07) is 13.5. The highest BCUT2D eigenvalue weighted by molar-refractivity contribution is 7.98. The van der Waals surface area contributed by atoms with E-state index >= 15 is 0 Å². The Balaban J connectivity index is 1.47. The van der Waals surface area contributed by atoms with E-state index < -0.39 is 0 Å². The highest BCUT2D eigenvalue weighted by Crippen LogP contribution is 2.33. The molecular weight excluding hydrogens is 483 g/mol. The van der Waals surface area contributed by atoms with Crippen LogP contribution in [-0.4, -0.2) is 19.7 Å². The SMILES string of the molecule is CCn1c(SCc2csc(-c3ccccc3Cl)n2)nnc1C(C)Oc1cc(C)ccc1Cl. The number of aromatic nitrogens is 4. The zero-order valence-electron chi connectivity index (χ0n) is 17.9. The Bertz CT molecular complexity index is 1220. The maximum Gasteiger partial charge on any atom is 0.191 e. The number of thiazole rings is 1. The molecule has 166 valence electrons. The van der Waals surface area contributed by atoms with Crippen LogP contribution < -0.4 is 4.74 Å². The molecule has 0 aliphatic rings. The molecule has 0 spiro atoms. The van der Waals surface area contributed by atoms with Gasteiger partial charge in [0.2, 0.25) is 0 Å². The molecule has 32 heavy (non-hydrogen) atoms. The van der Waals surface area contributed by atoms with E-state index in [-0.39, 0.29) is 6.10 Å². The van der Waals surface area contributed by atoms with E-state index in [1.54, 1.807) is 23.1 Å².